The molecule has 0 saturated heterocycles. The Balaban J connectivity index is 0.839. The summed E-state index contributed by atoms with van der Waals surface area (Å²) in [6, 6.07) is 34.2. The molecule has 0 atom stereocenters. The quantitative estimate of drug-likeness (QED) is 0.0988. The molecule has 59 heavy (non-hydrogen) atoms. The Morgan fingerprint density at radius 1 is 0.441 bits per heavy atom. The highest BCUT2D eigenvalue weighted by Crippen LogP contribution is 2.57. The first-order valence-corrected chi connectivity index (χ1v) is 22.5. The molecule has 278 valence electrons. The largest absolute Gasteiger partial charge is 0.288 e. The number of ketones is 4. The van der Waals surface area contributed by atoms with Crippen LogP contribution in [-0.4, -0.2) is 23.1 Å². The summed E-state index contributed by atoms with van der Waals surface area (Å²) in [5.74, 6) is -0.874. The first-order chi connectivity index (χ1) is 28.6. The highest BCUT2D eigenvalue weighted by atomic mass is 32.1. The number of carbonyl (C=O) groups is 4. The van der Waals surface area contributed by atoms with Gasteiger partial charge in [-0.1, -0.05) is 62.4 Å². The molecular formula is C51H26O4S4. The molecule has 6 aromatic carbocycles. The van der Waals surface area contributed by atoms with Crippen LogP contribution in [-0.2, 0) is 5.41 Å². The highest BCUT2D eigenvalue weighted by molar-refractivity contribution is 7.44. The van der Waals surface area contributed by atoms with Gasteiger partial charge >= 0.3 is 0 Å². The van der Waals surface area contributed by atoms with E-state index in [2.05, 4.69) is 74.5 Å². The van der Waals surface area contributed by atoms with E-state index < -0.39 is 5.41 Å². The van der Waals surface area contributed by atoms with Crippen molar-refractivity contribution in [1.82, 2.24) is 0 Å². The van der Waals surface area contributed by atoms with Gasteiger partial charge in [0.05, 0.1) is 34.6 Å². The lowest BCUT2D eigenvalue weighted by Crippen LogP contribution is -2.16. The van der Waals surface area contributed by atoms with Crippen molar-refractivity contribution < 1.29 is 19.2 Å². The van der Waals surface area contributed by atoms with Crippen LogP contribution < -0.4 is 0 Å². The number of hydrogen-bond donors (Lipinski definition) is 0. The SMILES string of the molecule is CC1(C)C(C=C2C(=O)c3cc4cc5ccccc5cc4cc3C2=O)=Cc2sc3c(sc4c5sc(C=C6C(=O)c7cc8cc9ccccc9cc8cc7C6=O)cc5sc34)c21. The molecule has 0 saturated carbocycles. The minimum absolute atomic E-state index is 0.216. The number of hydrogen-bond acceptors (Lipinski definition) is 8. The molecule has 8 heteroatoms. The molecule has 0 radical (unpaired) electrons. The van der Waals surface area contributed by atoms with Crippen molar-refractivity contribution in [2.75, 3.05) is 0 Å². The van der Waals surface area contributed by atoms with Crippen molar-refractivity contribution in [2.24, 2.45) is 0 Å². The Labute approximate surface area is 351 Å². The van der Waals surface area contributed by atoms with Crippen molar-refractivity contribution >= 4 is 152 Å². The first kappa shape index (κ1) is 33.8. The third-order valence-corrected chi connectivity index (χ3v) is 17.8. The number of Topliss-reactive ketones (excluding diaryl/α,β-unsaturated/α-hetero) is 4. The molecule has 3 aliphatic carbocycles. The smallest absolute Gasteiger partial charge is 0.197 e. The molecule has 4 nitrogen and oxygen atoms in total. The van der Waals surface area contributed by atoms with Gasteiger partial charge in [-0.05, 0) is 127 Å². The summed E-state index contributed by atoms with van der Waals surface area (Å²) in [6.45, 7) is 4.37. The normalized spacial score (nSPS) is 15.9. The molecule has 0 N–H and O–H groups in total. The molecule has 10 aromatic rings. The third-order valence-electron chi connectivity index (χ3n) is 12.5. The minimum atomic E-state index is -0.425. The van der Waals surface area contributed by atoms with Gasteiger partial charge in [-0.15, -0.1) is 45.3 Å². The van der Waals surface area contributed by atoms with Crippen LogP contribution in [0, 0.1) is 0 Å². The predicted molar refractivity (Wildman–Crippen MR) is 248 cm³/mol. The second-order valence-electron chi connectivity index (χ2n) is 16.2. The Bertz CT molecular complexity index is 3680. The van der Waals surface area contributed by atoms with Gasteiger partial charge in [-0.2, -0.15) is 0 Å². The Hall–Kier alpha value is -6.16. The van der Waals surface area contributed by atoms with E-state index in [0.29, 0.717) is 22.3 Å². The van der Waals surface area contributed by atoms with Gasteiger partial charge in [0.2, 0.25) is 0 Å². The van der Waals surface area contributed by atoms with Crippen molar-refractivity contribution in [3.63, 3.8) is 0 Å². The molecular weight excluding hydrogens is 805 g/mol. The lowest BCUT2D eigenvalue weighted by molar-refractivity contribution is 0.0974. The number of allylic oxidation sites excluding steroid dienone is 4. The van der Waals surface area contributed by atoms with Crippen LogP contribution >= 0.6 is 45.3 Å². The van der Waals surface area contributed by atoms with Crippen LogP contribution in [0.5, 0.6) is 0 Å². The van der Waals surface area contributed by atoms with E-state index in [4.69, 9.17) is 0 Å². The van der Waals surface area contributed by atoms with Crippen molar-refractivity contribution in [3.8, 4) is 0 Å². The summed E-state index contributed by atoms with van der Waals surface area (Å²) in [4.78, 5) is 57.3. The first-order valence-electron chi connectivity index (χ1n) is 19.3. The topological polar surface area (TPSA) is 68.3 Å². The zero-order valence-electron chi connectivity index (χ0n) is 31.3. The fourth-order valence-corrected chi connectivity index (χ4v) is 15.5. The van der Waals surface area contributed by atoms with Crippen LogP contribution in [0.25, 0.3) is 83.4 Å². The summed E-state index contributed by atoms with van der Waals surface area (Å²) in [5, 5.41) is 8.18. The number of carbonyl (C=O) groups excluding carboxylic acids is 4. The zero-order valence-corrected chi connectivity index (χ0v) is 34.6. The standard InChI is InChI=1S/C51H26O4S4/c1-51(2)31(19-37-42(52)33-15-27-11-23-7-3-4-8-24(23)12-28(27)16-34(33)43(37)53)20-39-41(51)47-49(57-39)50-48(59-47)46-40(58-50)22-32(56-46)21-38-44(54)35-17-29-13-25-9-5-6-10-26(25)14-30(29)18-36(35)45(38)55/h3-22H,1-2H3. The molecule has 0 fully saturated rings. The highest BCUT2D eigenvalue weighted by Gasteiger charge is 2.40. The van der Waals surface area contributed by atoms with Crippen molar-refractivity contribution in [1.29, 1.82) is 0 Å². The van der Waals surface area contributed by atoms with Gasteiger partial charge in [0.15, 0.2) is 23.1 Å². The van der Waals surface area contributed by atoms with E-state index in [1.165, 1.54) is 29.2 Å². The predicted octanol–water partition coefficient (Wildman–Crippen LogP) is 14.1. The number of benzene rings is 6. The number of rotatable bonds is 2. The summed E-state index contributed by atoms with van der Waals surface area (Å²) in [6.07, 6.45) is 5.79. The fraction of sp³-hybridized carbons (Fsp3) is 0.0588. The fourth-order valence-electron chi connectivity index (χ4n) is 9.44. The van der Waals surface area contributed by atoms with Crippen molar-refractivity contribution in [2.45, 2.75) is 19.3 Å². The van der Waals surface area contributed by atoms with Crippen LogP contribution in [0.4, 0.5) is 0 Å². The maximum absolute atomic E-state index is 13.9. The molecule has 13 rings (SSSR count). The van der Waals surface area contributed by atoms with Gasteiger partial charge in [0, 0.05) is 42.1 Å². The van der Waals surface area contributed by atoms with Crippen molar-refractivity contribution in [3.05, 3.63) is 163 Å². The van der Waals surface area contributed by atoms with Crippen LogP contribution in [0.15, 0.2) is 126 Å². The third kappa shape index (κ3) is 4.57. The summed E-state index contributed by atoms with van der Waals surface area (Å²) >= 11 is 6.94. The maximum Gasteiger partial charge on any atom is 0.197 e. The minimum Gasteiger partial charge on any atom is -0.288 e. The number of thiophene rings is 4. The lowest BCUT2D eigenvalue weighted by Gasteiger charge is -2.22. The molecule has 4 aromatic heterocycles. The van der Waals surface area contributed by atoms with E-state index in [-0.39, 0.29) is 34.3 Å². The van der Waals surface area contributed by atoms with Gasteiger partial charge in [0.1, 0.15) is 0 Å². The van der Waals surface area contributed by atoms with Crippen LogP contribution in [0.2, 0.25) is 0 Å². The van der Waals surface area contributed by atoms with Crippen LogP contribution in [0.1, 0.15) is 70.6 Å². The Kier molecular flexibility index (Phi) is 6.60. The molecule has 0 amide bonds. The molecule has 0 spiro atoms. The molecule has 0 bridgehead atoms. The second-order valence-corrected chi connectivity index (χ2v) is 20.5. The van der Waals surface area contributed by atoms with E-state index in [1.807, 2.05) is 54.6 Å². The Morgan fingerprint density at radius 3 is 1.37 bits per heavy atom. The maximum atomic E-state index is 13.9. The second kappa shape index (κ2) is 11.5. The Morgan fingerprint density at radius 2 is 0.881 bits per heavy atom. The molecule has 0 unspecified atom stereocenters. The lowest BCUT2D eigenvalue weighted by atomic mass is 9.81. The molecule has 0 aliphatic heterocycles. The van der Waals surface area contributed by atoms with Gasteiger partial charge < -0.3 is 0 Å². The van der Waals surface area contributed by atoms with E-state index in [1.54, 1.807) is 51.4 Å². The average molecular weight is 831 g/mol. The molecule has 4 heterocycles. The monoisotopic (exact) mass is 830 g/mol. The summed E-state index contributed by atoms with van der Waals surface area (Å²) in [5.41, 5.74) is 4.09. The summed E-state index contributed by atoms with van der Waals surface area (Å²) < 4.78 is 7.27. The zero-order chi connectivity index (χ0) is 39.6. The van der Waals surface area contributed by atoms with Gasteiger partial charge in [-0.25, -0.2) is 0 Å². The van der Waals surface area contributed by atoms with E-state index >= 15 is 0 Å². The van der Waals surface area contributed by atoms with Crippen LogP contribution in [0.3, 0.4) is 0 Å². The number of fused-ring (bicyclic) bond motifs is 13. The van der Waals surface area contributed by atoms with E-state index in [9.17, 15) is 19.2 Å². The van der Waals surface area contributed by atoms with E-state index in [0.717, 1.165) is 62.9 Å². The van der Waals surface area contributed by atoms with Gasteiger partial charge in [-0.3, -0.25) is 19.2 Å². The molecule has 3 aliphatic rings. The van der Waals surface area contributed by atoms with Gasteiger partial charge in [0.25, 0.3) is 0 Å². The average Bonchev–Trinajstić information content (AvgIpc) is 4.07. The summed E-state index contributed by atoms with van der Waals surface area (Å²) in [7, 11) is 0.